The molecule has 0 unspecified atom stereocenters. The number of benzene rings is 1. The van der Waals surface area contributed by atoms with Crippen LogP contribution in [-0.2, 0) is 0 Å². The summed E-state index contributed by atoms with van der Waals surface area (Å²) in [6.45, 7) is 4.66. The first kappa shape index (κ1) is 14.6. The summed E-state index contributed by atoms with van der Waals surface area (Å²) < 4.78 is 6.38. The highest BCUT2D eigenvalue weighted by atomic mass is 127. The Labute approximate surface area is 121 Å². The molecule has 0 aromatic heterocycles. The number of piperazine rings is 1. The van der Waals surface area contributed by atoms with Crippen LogP contribution in [0.1, 0.15) is 0 Å². The zero-order chi connectivity index (χ0) is 11.6. The van der Waals surface area contributed by atoms with Crippen molar-refractivity contribution in [2.75, 3.05) is 52.3 Å². The average Bonchev–Trinajstić information content (AvgIpc) is 2.29. The molecule has 0 N–H and O–H groups in total. The van der Waals surface area contributed by atoms with Crippen molar-refractivity contribution in [1.82, 2.24) is 0 Å². The van der Waals surface area contributed by atoms with Gasteiger partial charge in [-0.3, -0.25) is 0 Å². The number of quaternary nitrogens is 1. The van der Waals surface area contributed by atoms with Crippen LogP contribution in [0.3, 0.4) is 0 Å². The van der Waals surface area contributed by atoms with Crippen molar-refractivity contribution < 1.29 is 33.2 Å². The molecule has 96 valence electrons. The van der Waals surface area contributed by atoms with Gasteiger partial charge in [0, 0.05) is 11.8 Å². The van der Waals surface area contributed by atoms with Gasteiger partial charge in [-0.05, 0) is 12.1 Å². The van der Waals surface area contributed by atoms with Crippen LogP contribution in [0.4, 0.5) is 5.69 Å². The Morgan fingerprint density at radius 2 is 1.82 bits per heavy atom. The van der Waals surface area contributed by atoms with E-state index in [2.05, 4.69) is 37.2 Å². The normalized spacial score (nSPS) is 18.4. The Morgan fingerprint density at radius 1 is 1.18 bits per heavy atom. The van der Waals surface area contributed by atoms with Gasteiger partial charge in [-0.2, -0.15) is 0 Å². The van der Waals surface area contributed by atoms with Crippen LogP contribution >= 0.6 is 0 Å². The number of likely N-dealkylation sites (N-methyl/N-ethyl adjacent to an activating group) is 1. The van der Waals surface area contributed by atoms with Crippen molar-refractivity contribution >= 4 is 5.69 Å². The van der Waals surface area contributed by atoms with Crippen molar-refractivity contribution in [3.05, 3.63) is 24.3 Å². The lowest BCUT2D eigenvalue weighted by Crippen LogP contribution is -3.00. The maximum Gasteiger partial charge on any atom is 0.120 e. The van der Waals surface area contributed by atoms with E-state index in [1.165, 1.54) is 18.8 Å². The highest BCUT2D eigenvalue weighted by Crippen LogP contribution is 2.22. The van der Waals surface area contributed by atoms with Crippen LogP contribution in [-0.4, -0.2) is 51.9 Å². The van der Waals surface area contributed by atoms with Gasteiger partial charge in [0.2, 0.25) is 0 Å². The van der Waals surface area contributed by atoms with Crippen molar-refractivity contribution in [2.45, 2.75) is 0 Å². The predicted molar refractivity (Wildman–Crippen MR) is 67.0 cm³/mol. The molecule has 17 heavy (non-hydrogen) atoms. The van der Waals surface area contributed by atoms with E-state index in [-0.39, 0.29) is 24.0 Å². The number of hydrogen-bond acceptors (Lipinski definition) is 2. The first-order valence-electron chi connectivity index (χ1n) is 5.82. The summed E-state index contributed by atoms with van der Waals surface area (Å²) in [5, 5.41) is 0. The zero-order valence-electron chi connectivity index (χ0n) is 10.8. The van der Waals surface area contributed by atoms with Crippen LogP contribution in [0.25, 0.3) is 0 Å². The fourth-order valence-electron chi connectivity index (χ4n) is 2.07. The lowest BCUT2D eigenvalue weighted by Gasteiger charge is -2.40. The molecule has 0 bridgehead atoms. The summed E-state index contributed by atoms with van der Waals surface area (Å²) >= 11 is 0. The predicted octanol–water partition coefficient (Wildman–Crippen LogP) is -1.40. The fraction of sp³-hybridized carbons (Fsp3) is 0.538. The number of hydrogen-bond donors (Lipinski definition) is 0. The molecule has 1 saturated heterocycles. The molecular weight excluding hydrogens is 327 g/mol. The van der Waals surface area contributed by atoms with Crippen molar-refractivity contribution in [1.29, 1.82) is 0 Å². The molecule has 0 saturated carbocycles. The summed E-state index contributed by atoms with van der Waals surface area (Å²) in [5.74, 6) is 0.942. The zero-order valence-corrected chi connectivity index (χ0v) is 13.0. The average molecular weight is 348 g/mol. The molecule has 1 aromatic rings. The van der Waals surface area contributed by atoms with E-state index in [4.69, 9.17) is 4.74 Å². The van der Waals surface area contributed by atoms with Gasteiger partial charge in [0.15, 0.2) is 0 Å². The second kappa shape index (κ2) is 5.91. The number of ether oxygens (including phenoxy) is 1. The van der Waals surface area contributed by atoms with E-state index in [1.54, 1.807) is 7.11 Å². The molecule has 0 amide bonds. The summed E-state index contributed by atoms with van der Waals surface area (Å²) in [5.41, 5.74) is 1.28. The number of rotatable bonds is 2. The molecule has 1 heterocycles. The van der Waals surface area contributed by atoms with Gasteiger partial charge in [0.25, 0.3) is 0 Å². The van der Waals surface area contributed by atoms with E-state index >= 15 is 0 Å². The molecule has 1 aliphatic heterocycles. The molecule has 1 aromatic carbocycles. The number of halogens is 1. The minimum Gasteiger partial charge on any atom is -1.00 e. The van der Waals surface area contributed by atoms with Crippen LogP contribution in [0.15, 0.2) is 24.3 Å². The summed E-state index contributed by atoms with van der Waals surface area (Å²) in [6, 6.07) is 8.33. The number of nitrogens with zero attached hydrogens (tertiary/aromatic N) is 2. The monoisotopic (exact) mass is 348 g/mol. The lowest BCUT2D eigenvalue weighted by atomic mass is 10.2. The first-order valence-corrected chi connectivity index (χ1v) is 5.82. The highest BCUT2D eigenvalue weighted by molar-refractivity contribution is 5.50. The molecule has 0 aliphatic carbocycles. The van der Waals surface area contributed by atoms with E-state index in [0.29, 0.717) is 0 Å². The van der Waals surface area contributed by atoms with E-state index in [9.17, 15) is 0 Å². The van der Waals surface area contributed by atoms with Crippen LogP contribution in [0.2, 0.25) is 0 Å². The second-order valence-corrected chi connectivity index (χ2v) is 5.07. The van der Waals surface area contributed by atoms with Gasteiger partial charge in [0.05, 0.1) is 47.4 Å². The topological polar surface area (TPSA) is 12.5 Å². The van der Waals surface area contributed by atoms with Gasteiger partial charge < -0.3 is 38.1 Å². The van der Waals surface area contributed by atoms with Gasteiger partial charge in [-0.25, -0.2) is 0 Å². The summed E-state index contributed by atoms with van der Waals surface area (Å²) in [6.07, 6.45) is 0. The van der Waals surface area contributed by atoms with Gasteiger partial charge in [-0.15, -0.1) is 0 Å². The Hall–Kier alpha value is -0.490. The minimum atomic E-state index is 0. The van der Waals surface area contributed by atoms with Crippen LogP contribution in [0.5, 0.6) is 5.75 Å². The Bertz CT molecular complexity index is 358. The maximum atomic E-state index is 5.26. The smallest absolute Gasteiger partial charge is 0.120 e. The summed E-state index contributed by atoms with van der Waals surface area (Å²) in [7, 11) is 6.31. The first-order chi connectivity index (χ1) is 7.61. The van der Waals surface area contributed by atoms with Crippen LogP contribution in [0, 0.1) is 0 Å². The lowest BCUT2D eigenvalue weighted by molar-refractivity contribution is -0.890. The van der Waals surface area contributed by atoms with Gasteiger partial charge >= 0.3 is 0 Å². The van der Waals surface area contributed by atoms with E-state index < -0.39 is 0 Å². The molecule has 2 rings (SSSR count). The van der Waals surface area contributed by atoms with Gasteiger partial charge in [-0.1, -0.05) is 6.07 Å². The third-order valence-corrected chi connectivity index (χ3v) is 3.37. The Balaban J connectivity index is 0.00000144. The highest BCUT2D eigenvalue weighted by Gasteiger charge is 2.24. The Kier molecular flexibility index (Phi) is 5.06. The van der Waals surface area contributed by atoms with Crippen molar-refractivity contribution in [2.24, 2.45) is 0 Å². The second-order valence-electron chi connectivity index (χ2n) is 5.07. The standard InChI is InChI=1S/C13H21N2O.HI/c1-15(2)9-7-14(8-10-15)12-5-4-6-13(11-12)16-3;/h4-6,11H,7-10H2,1-3H3;1H/q+1;/p-1. The largest absolute Gasteiger partial charge is 1.00 e. The molecular formula is C13H21IN2O. The third-order valence-electron chi connectivity index (χ3n) is 3.37. The number of anilines is 1. The molecule has 4 heteroatoms. The molecule has 3 nitrogen and oxygen atoms in total. The van der Waals surface area contributed by atoms with Gasteiger partial charge in [0.1, 0.15) is 5.75 Å². The van der Waals surface area contributed by atoms with Crippen LogP contribution < -0.4 is 33.6 Å². The minimum absolute atomic E-state index is 0. The number of methoxy groups -OCH3 is 1. The maximum absolute atomic E-state index is 5.26. The third kappa shape index (κ3) is 3.74. The fourth-order valence-corrected chi connectivity index (χ4v) is 2.07. The van der Waals surface area contributed by atoms with E-state index in [1.807, 2.05) is 6.07 Å². The molecule has 1 fully saturated rings. The summed E-state index contributed by atoms with van der Waals surface area (Å²) in [4.78, 5) is 2.44. The Morgan fingerprint density at radius 3 is 2.41 bits per heavy atom. The van der Waals surface area contributed by atoms with E-state index in [0.717, 1.165) is 23.3 Å². The molecule has 0 atom stereocenters. The molecule has 0 spiro atoms. The quantitative estimate of drug-likeness (QED) is 0.481. The van der Waals surface area contributed by atoms with Crippen molar-refractivity contribution in [3.8, 4) is 5.75 Å². The van der Waals surface area contributed by atoms with Crippen molar-refractivity contribution in [3.63, 3.8) is 0 Å². The SMILES string of the molecule is COc1cccc(N2CC[N+](C)(C)CC2)c1.[I-]. The molecule has 1 aliphatic rings. The molecule has 0 radical (unpaired) electrons.